The smallest absolute Gasteiger partial charge is 0.122 e. The van der Waals surface area contributed by atoms with Gasteiger partial charge in [-0.25, -0.2) is 0 Å². The highest BCUT2D eigenvalue weighted by molar-refractivity contribution is 5.44. The van der Waals surface area contributed by atoms with E-state index < -0.39 is 0 Å². The van der Waals surface area contributed by atoms with Crippen LogP contribution in [0.25, 0.3) is 0 Å². The fraction of sp³-hybridized carbons (Fsp3) is 0.556. The van der Waals surface area contributed by atoms with Crippen LogP contribution in [0.5, 0.6) is 5.75 Å². The normalized spacial score (nSPS) is 11.6. The molecule has 0 aliphatic carbocycles. The van der Waals surface area contributed by atoms with Gasteiger partial charge >= 0.3 is 0 Å². The molecule has 0 bridgehead atoms. The maximum absolute atomic E-state index is 5.76. The van der Waals surface area contributed by atoms with E-state index in [1.807, 2.05) is 0 Å². The van der Waals surface area contributed by atoms with Crippen molar-refractivity contribution in [2.24, 2.45) is 5.92 Å². The molecule has 104 valence electrons. The van der Waals surface area contributed by atoms with Crippen molar-refractivity contribution in [3.05, 3.63) is 28.8 Å². The van der Waals surface area contributed by atoms with Crippen molar-refractivity contribution < 1.29 is 4.74 Å². The van der Waals surface area contributed by atoms with Crippen LogP contribution in [-0.2, 0) is 6.42 Å². The monoisotopic (exact) mass is 258 g/mol. The van der Waals surface area contributed by atoms with E-state index >= 15 is 0 Å². The van der Waals surface area contributed by atoms with Gasteiger partial charge in [-0.3, -0.25) is 0 Å². The molecule has 0 radical (unpaired) electrons. The van der Waals surface area contributed by atoms with Crippen LogP contribution in [0.15, 0.2) is 12.1 Å². The lowest BCUT2D eigenvalue weighted by atomic mass is 9.94. The predicted octanol–water partition coefficient (Wildman–Crippen LogP) is 4.68. The molecule has 1 unspecified atom stereocenters. The van der Waals surface area contributed by atoms with Crippen molar-refractivity contribution in [3.8, 4) is 17.6 Å². The predicted molar refractivity (Wildman–Crippen MR) is 82.6 cm³/mol. The van der Waals surface area contributed by atoms with E-state index in [2.05, 4.69) is 58.6 Å². The topological polar surface area (TPSA) is 9.23 Å². The Morgan fingerprint density at radius 2 is 1.89 bits per heavy atom. The number of hydrogen-bond donors (Lipinski definition) is 0. The zero-order chi connectivity index (χ0) is 14.3. The first-order chi connectivity index (χ1) is 9.10. The third-order valence-electron chi connectivity index (χ3n) is 3.36. The van der Waals surface area contributed by atoms with Crippen LogP contribution in [0, 0.1) is 31.6 Å². The lowest BCUT2D eigenvalue weighted by Gasteiger charge is -2.15. The zero-order valence-electron chi connectivity index (χ0n) is 13.0. The first-order valence-corrected chi connectivity index (χ1v) is 7.30. The zero-order valence-corrected chi connectivity index (χ0v) is 13.0. The van der Waals surface area contributed by atoms with Crippen LogP contribution in [0.3, 0.4) is 0 Å². The summed E-state index contributed by atoms with van der Waals surface area (Å²) in [5, 5.41) is 0. The largest absolute Gasteiger partial charge is 0.493 e. The highest BCUT2D eigenvalue weighted by Crippen LogP contribution is 2.26. The Morgan fingerprint density at radius 1 is 1.16 bits per heavy atom. The van der Waals surface area contributed by atoms with Crippen LogP contribution in [0.1, 0.15) is 50.3 Å². The van der Waals surface area contributed by atoms with E-state index in [0.29, 0.717) is 5.92 Å². The molecule has 0 aromatic heterocycles. The Morgan fingerprint density at radius 3 is 2.53 bits per heavy atom. The lowest BCUT2D eigenvalue weighted by Crippen LogP contribution is -2.03. The fourth-order valence-electron chi connectivity index (χ4n) is 2.10. The van der Waals surface area contributed by atoms with E-state index in [9.17, 15) is 0 Å². The van der Waals surface area contributed by atoms with E-state index in [4.69, 9.17) is 4.74 Å². The summed E-state index contributed by atoms with van der Waals surface area (Å²) in [6, 6.07) is 4.30. The third kappa shape index (κ3) is 4.63. The molecule has 0 aliphatic rings. The molecule has 1 aromatic carbocycles. The van der Waals surface area contributed by atoms with Gasteiger partial charge in [0.1, 0.15) is 5.75 Å². The quantitative estimate of drug-likeness (QED) is 0.696. The van der Waals surface area contributed by atoms with Gasteiger partial charge in [0.25, 0.3) is 0 Å². The summed E-state index contributed by atoms with van der Waals surface area (Å²) in [6.07, 6.45) is 3.00. The second-order valence-corrected chi connectivity index (χ2v) is 5.10. The van der Waals surface area contributed by atoms with Crippen molar-refractivity contribution >= 4 is 0 Å². The number of hydrogen-bond acceptors (Lipinski definition) is 1. The minimum Gasteiger partial charge on any atom is -0.493 e. The first kappa shape index (κ1) is 15.6. The van der Waals surface area contributed by atoms with E-state index in [1.165, 1.54) is 16.7 Å². The van der Waals surface area contributed by atoms with Crippen LogP contribution < -0.4 is 4.74 Å². The van der Waals surface area contributed by atoms with Crippen LogP contribution in [0.4, 0.5) is 0 Å². The summed E-state index contributed by atoms with van der Waals surface area (Å²) >= 11 is 0. The molecule has 1 rings (SSSR count). The maximum Gasteiger partial charge on any atom is 0.122 e. The van der Waals surface area contributed by atoms with Crippen molar-refractivity contribution in [3.63, 3.8) is 0 Å². The standard InChI is InChI=1S/C18H26O/c1-6-8-9-14(3)13-17-10-11-18(19-12-7-2)16(5)15(17)4/h10-11,14H,6-7,12-13H2,1-5H3. The molecule has 0 amide bonds. The van der Waals surface area contributed by atoms with E-state index in [0.717, 1.165) is 31.6 Å². The lowest BCUT2D eigenvalue weighted by molar-refractivity contribution is 0.315. The Hall–Kier alpha value is -1.42. The molecule has 1 nitrogen and oxygen atoms in total. The van der Waals surface area contributed by atoms with Crippen LogP contribution in [-0.4, -0.2) is 6.61 Å². The van der Waals surface area contributed by atoms with Gasteiger partial charge in [-0.15, -0.1) is 5.92 Å². The molecule has 0 heterocycles. The van der Waals surface area contributed by atoms with Crippen LogP contribution in [0.2, 0.25) is 0 Å². The molecule has 1 aromatic rings. The van der Waals surface area contributed by atoms with Gasteiger partial charge in [-0.2, -0.15) is 0 Å². The van der Waals surface area contributed by atoms with Gasteiger partial charge in [0.15, 0.2) is 0 Å². The Balaban J connectivity index is 2.84. The summed E-state index contributed by atoms with van der Waals surface area (Å²) in [5.74, 6) is 7.90. The maximum atomic E-state index is 5.76. The minimum absolute atomic E-state index is 0.417. The fourth-order valence-corrected chi connectivity index (χ4v) is 2.10. The Labute approximate surface area is 118 Å². The average molecular weight is 258 g/mol. The van der Waals surface area contributed by atoms with Crippen molar-refractivity contribution in [2.75, 3.05) is 6.61 Å². The number of benzene rings is 1. The Bertz CT molecular complexity index is 463. The van der Waals surface area contributed by atoms with Gasteiger partial charge < -0.3 is 4.74 Å². The second-order valence-electron chi connectivity index (χ2n) is 5.10. The molecule has 0 saturated heterocycles. The van der Waals surface area contributed by atoms with Gasteiger partial charge in [0.2, 0.25) is 0 Å². The van der Waals surface area contributed by atoms with Gasteiger partial charge in [0.05, 0.1) is 6.61 Å². The first-order valence-electron chi connectivity index (χ1n) is 7.30. The minimum atomic E-state index is 0.417. The molecule has 0 aliphatic heterocycles. The third-order valence-corrected chi connectivity index (χ3v) is 3.36. The average Bonchev–Trinajstić information content (AvgIpc) is 2.41. The van der Waals surface area contributed by atoms with E-state index in [-0.39, 0.29) is 0 Å². The summed E-state index contributed by atoms with van der Waals surface area (Å²) in [5.41, 5.74) is 4.00. The summed E-state index contributed by atoms with van der Waals surface area (Å²) in [7, 11) is 0. The molecule has 1 heteroatoms. The van der Waals surface area contributed by atoms with Crippen molar-refractivity contribution in [2.45, 2.75) is 53.9 Å². The number of rotatable bonds is 5. The molecule has 0 saturated carbocycles. The molecule has 0 spiro atoms. The summed E-state index contributed by atoms with van der Waals surface area (Å²) in [6.45, 7) is 11.5. The van der Waals surface area contributed by atoms with Gasteiger partial charge in [-0.1, -0.05) is 32.8 Å². The highest BCUT2D eigenvalue weighted by atomic mass is 16.5. The van der Waals surface area contributed by atoms with Gasteiger partial charge in [0, 0.05) is 12.3 Å². The highest BCUT2D eigenvalue weighted by Gasteiger charge is 2.09. The SMILES string of the molecule is CCC#CC(C)Cc1ccc(OCCC)c(C)c1C. The van der Waals surface area contributed by atoms with E-state index in [1.54, 1.807) is 0 Å². The van der Waals surface area contributed by atoms with Gasteiger partial charge in [-0.05, 0) is 49.4 Å². The number of ether oxygens (including phenoxy) is 1. The van der Waals surface area contributed by atoms with Crippen molar-refractivity contribution in [1.82, 2.24) is 0 Å². The molecule has 0 fully saturated rings. The molecule has 19 heavy (non-hydrogen) atoms. The Kier molecular flexibility index (Phi) is 6.50. The second kappa shape index (κ2) is 7.89. The van der Waals surface area contributed by atoms with Crippen LogP contribution >= 0.6 is 0 Å². The summed E-state index contributed by atoms with van der Waals surface area (Å²) < 4.78 is 5.76. The van der Waals surface area contributed by atoms with Crippen molar-refractivity contribution in [1.29, 1.82) is 0 Å². The molecular formula is C18H26O. The molecular weight excluding hydrogens is 232 g/mol. The molecule has 1 atom stereocenters. The summed E-state index contributed by atoms with van der Waals surface area (Å²) in [4.78, 5) is 0. The molecule has 0 N–H and O–H groups in total.